The molecule has 0 saturated carbocycles. The number of aromatic nitrogens is 6. The summed E-state index contributed by atoms with van der Waals surface area (Å²) in [6.07, 6.45) is 7.74. The average molecular weight is 561 g/mol. The van der Waals surface area contributed by atoms with E-state index in [4.69, 9.17) is 16.6 Å². The van der Waals surface area contributed by atoms with Crippen molar-refractivity contribution < 1.29 is 4.39 Å². The molecular formula is C26H31Cl2FN8O. The molecule has 6 rings (SSSR count). The summed E-state index contributed by atoms with van der Waals surface area (Å²) in [7, 11) is 0. The maximum Gasteiger partial charge on any atom is 0.327 e. The van der Waals surface area contributed by atoms with E-state index < -0.39 is 5.82 Å². The van der Waals surface area contributed by atoms with Crippen LogP contribution < -0.4 is 15.9 Å². The molecule has 5 heterocycles. The maximum atomic E-state index is 13.8. The SMILES string of the molecule is CCn1c(=O)[nH]c2ncnc(N3CCC(c4nc(-c5ccc(F)c(Cl)c5)cn4CC4CCCN4)CC3)c21.Cl. The zero-order valence-corrected chi connectivity index (χ0v) is 22.7. The highest BCUT2D eigenvalue weighted by Gasteiger charge is 2.29. The fourth-order valence-electron chi connectivity index (χ4n) is 5.71. The Hall–Kier alpha value is -2.95. The Labute approximate surface area is 230 Å². The molecule has 2 fully saturated rings. The van der Waals surface area contributed by atoms with Gasteiger partial charge in [0, 0.05) is 49.9 Å². The van der Waals surface area contributed by atoms with Crippen molar-refractivity contribution in [2.45, 2.75) is 57.7 Å². The summed E-state index contributed by atoms with van der Waals surface area (Å²) >= 11 is 6.08. The van der Waals surface area contributed by atoms with E-state index >= 15 is 0 Å². The predicted molar refractivity (Wildman–Crippen MR) is 149 cm³/mol. The number of piperidine rings is 1. The average Bonchev–Trinajstić information content (AvgIpc) is 3.64. The van der Waals surface area contributed by atoms with Gasteiger partial charge in [0.1, 0.15) is 23.5 Å². The van der Waals surface area contributed by atoms with E-state index in [1.165, 1.54) is 18.8 Å². The molecule has 2 saturated heterocycles. The molecule has 202 valence electrons. The highest BCUT2D eigenvalue weighted by Crippen LogP contribution is 2.34. The molecule has 1 unspecified atom stereocenters. The summed E-state index contributed by atoms with van der Waals surface area (Å²) in [4.78, 5) is 31.3. The first-order valence-electron chi connectivity index (χ1n) is 13.0. The Morgan fingerprint density at radius 2 is 2.00 bits per heavy atom. The molecule has 2 aliphatic rings. The van der Waals surface area contributed by atoms with Gasteiger partial charge in [0.25, 0.3) is 0 Å². The van der Waals surface area contributed by atoms with Crippen molar-refractivity contribution in [3.63, 3.8) is 0 Å². The summed E-state index contributed by atoms with van der Waals surface area (Å²) in [6, 6.07) is 5.20. The van der Waals surface area contributed by atoms with E-state index in [9.17, 15) is 9.18 Å². The van der Waals surface area contributed by atoms with Crippen molar-refractivity contribution in [3.05, 3.63) is 57.9 Å². The number of halogens is 3. The zero-order valence-electron chi connectivity index (χ0n) is 21.2. The van der Waals surface area contributed by atoms with E-state index in [1.807, 2.05) is 6.92 Å². The van der Waals surface area contributed by atoms with Gasteiger partial charge < -0.3 is 14.8 Å². The first-order chi connectivity index (χ1) is 18.0. The zero-order chi connectivity index (χ0) is 25.5. The number of fused-ring (bicyclic) bond motifs is 1. The number of H-pyrrole nitrogens is 1. The molecule has 9 nitrogen and oxygen atoms in total. The molecule has 0 radical (unpaired) electrons. The van der Waals surface area contributed by atoms with Gasteiger partial charge in [0.2, 0.25) is 0 Å². The van der Waals surface area contributed by atoms with E-state index in [2.05, 4.69) is 35.9 Å². The summed E-state index contributed by atoms with van der Waals surface area (Å²) in [5, 5.41) is 3.69. The van der Waals surface area contributed by atoms with Gasteiger partial charge in [0.15, 0.2) is 11.5 Å². The Balaban J connectivity index is 0.00000294. The van der Waals surface area contributed by atoms with E-state index in [0.29, 0.717) is 18.2 Å². The standard InChI is InChI=1S/C26H30ClFN8O.ClH/c1-2-36-22-23(33-26(36)37)30-15-31-25(22)34-10-7-16(8-11-34)24-32-21(17-5-6-20(28)19(27)12-17)14-35(24)13-18-4-3-9-29-18;/h5-6,12,14-16,18,29H,2-4,7-11,13H2,1H3,(H,30,31,33,37);1H. The largest absolute Gasteiger partial charge is 0.355 e. The third kappa shape index (κ3) is 4.92. The van der Waals surface area contributed by atoms with Gasteiger partial charge in [0.05, 0.1) is 10.7 Å². The lowest BCUT2D eigenvalue weighted by Gasteiger charge is -2.33. The van der Waals surface area contributed by atoms with Crippen molar-refractivity contribution in [3.8, 4) is 11.3 Å². The second-order valence-electron chi connectivity index (χ2n) is 9.89. The number of aromatic amines is 1. The van der Waals surface area contributed by atoms with Crippen LogP contribution in [0.1, 0.15) is 44.3 Å². The number of hydrogen-bond donors (Lipinski definition) is 2. The minimum absolute atomic E-state index is 0. The normalized spacial score (nSPS) is 18.3. The van der Waals surface area contributed by atoms with Crippen molar-refractivity contribution in [2.24, 2.45) is 0 Å². The molecule has 2 N–H and O–H groups in total. The van der Waals surface area contributed by atoms with Crippen molar-refractivity contribution >= 4 is 41.0 Å². The summed E-state index contributed by atoms with van der Waals surface area (Å²) in [5.74, 6) is 1.70. The number of benzene rings is 1. The summed E-state index contributed by atoms with van der Waals surface area (Å²) < 4.78 is 17.8. The monoisotopic (exact) mass is 560 g/mol. The second-order valence-corrected chi connectivity index (χ2v) is 10.3. The molecule has 2 aliphatic heterocycles. The molecular weight excluding hydrogens is 530 g/mol. The lowest BCUT2D eigenvalue weighted by atomic mass is 9.95. The van der Waals surface area contributed by atoms with Crippen LogP contribution in [-0.2, 0) is 13.1 Å². The number of aryl methyl sites for hydroxylation is 1. The van der Waals surface area contributed by atoms with Crippen LogP contribution >= 0.6 is 24.0 Å². The van der Waals surface area contributed by atoms with Gasteiger partial charge in [-0.15, -0.1) is 12.4 Å². The number of imidazole rings is 2. The van der Waals surface area contributed by atoms with Crippen molar-refractivity contribution in [1.29, 1.82) is 0 Å². The molecule has 12 heteroatoms. The number of rotatable bonds is 6. The smallest absolute Gasteiger partial charge is 0.327 e. The van der Waals surface area contributed by atoms with Crippen molar-refractivity contribution in [2.75, 3.05) is 24.5 Å². The van der Waals surface area contributed by atoms with Crippen LogP contribution in [0.15, 0.2) is 35.5 Å². The molecule has 1 atom stereocenters. The van der Waals surface area contributed by atoms with E-state index in [-0.39, 0.29) is 29.0 Å². The molecule has 0 amide bonds. The molecule has 0 bridgehead atoms. The number of hydrogen-bond acceptors (Lipinski definition) is 6. The maximum absolute atomic E-state index is 13.8. The highest BCUT2D eigenvalue weighted by atomic mass is 35.5. The quantitative estimate of drug-likeness (QED) is 0.364. The fourth-order valence-corrected chi connectivity index (χ4v) is 5.89. The molecule has 1 aromatic carbocycles. The van der Waals surface area contributed by atoms with E-state index in [0.717, 1.165) is 73.9 Å². The summed E-state index contributed by atoms with van der Waals surface area (Å²) in [5.41, 5.74) is 2.80. The Kier molecular flexibility index (Phi) is 7.74. The van der Waals surface area contributed by atoms with Gasteiger partial charge in [-0.05, 0) is 57.4 Å². The van der Waals surface area contributed by atoms with Crippen LogP contribution in [0, 0.1) is 5.82 Å². The Bertz CT molecular complexity index is 1480. The lowest BCUT2D eigenvalue weighted by Crippen LogP contribution is -2.35. The first-order valence-corrected chi connectivity index (χ1v) is 13.3. The molecule has 4 aromatic rings. The predicted octanol–water partition coefficient (Wildman–Crippen LogP) is 4.35. The third-order valence-corrected chi connectivity index (χ3v) is 7.91. The van der Waals surface area contributed by atoms with Gasteiger partial charge in [-0.2, -0.15) is 0 Å². The minimum Gasteiger partial charge on any atom is -0.355 e. The topological polar surface area (TPSA) is 96.7 Å². The molecule has 38 heavy (non-hydrogen) atoms. The van der Waals surface area contributed by atoms with E-state index in [1.54, 1.807) is 16.7 Å². The van der Waals surface area contributed by atoms with Crippen molar-refractivity contribution in [1.82, 2.24) is 34.4 Å². The second kappa shape index (κ2) is 11.0. The van der Waals surface area contributed by atoms with Crippen LogP contribution in [-0.4, -0.2) is 54.7 Å². The van der Waals surface area contributed by atoms with Gasteiger partial charge in [-0.1, -0.05) is 11.6 Å². The summed E-state index contributed by atoms with van der Waals surface area (Å²) in [6.45, 7) is 6.00. The van der Waals surface area contributed by atoms with Crippen LogP contribution in [0.2, 0.25) is 5.02 Å². The van der Waals surface area contributed by atoms with Gasteiger partial charge >= 0.3 is 5.69 Å². The molecule has 0 spiro atoms. The highest BCUT2D eigenvalue weighted by molar-refractivity contribution is 6.31. The van der Waals surface area contributed by atoms with Crippen LogP contribution in [0.4, 0.5) is 10.2 Å². The molecule has 3 aromatic heterocycles. The van der Waals surface area contributed by atoms with Crippen LogP contribution in [0.25, 0.3) is 22.4 Å². The Morgan fingerprint density at radius 1 is 1.18 bits per heavy atom. The third-order valence-electron chi connectivity index (χ3n) is 7.62. The molecule has 0 aliphatic carbocycles. The number of nitrogens with zero attached hydrogens (tertiary/aromatic N) is 6. The van der Waals surface area contributed by atoms with Crippen LogP contribution in [0.5, 0.6) is 0 Å². The lowest BCUT2D eigenvalue weighted by molar-refractivity contribution is 0.438. The van der Waals surface area contributed by atoms with Gasteiger partial charge in [-0.3, -0.25) is 9.55 Å². The fraction of sp³-hybridized carbons (Fsp3) is 0.462. The van der Waals surface area contributed by atoms with Crippen LogP contribution in [0.3, 0.4) is 0 Å². The minimum atomic E-state index is -0.428. The number of anilines is 1. The van der Waals surface area contributed by atoms with Gasteiger partial charge in [-0.25, -0.2) is 24.1 Å². The Morgan fingerprint density at radius 3 is 2.71 bits per heavy atom. The first kappa shape index (κ1) is 26.6. The number of nitrogens with one attached hydrogen (secondary N) is 2.